The maximum Gasteiger partial charge on any atom is 0.259 e. The summed E-state index contributed by atoms with van der Waals surface area (Å²) in [7, 11) is 0. The fraction of sp³-hybridized carbons (Fsp3) is 0. The van der Waals surface area contributed by atoms with Crippen LogP contribution in [0.5, 0.6) is 0 Å². The summed E-state index contributed by atoms with van der Waals surface area (Å²) in [6, 6.07) is 5.25. The van der Waals surface area contributed by atoms with Crippen LogP contribution in [0.2, 0.25) is 5.02 Å². The molecule has 0 saturated carbocycles. The van der Waals surface area contributed by atoms with Crippen molar-refractivity contribution in [3.63, 3.8) is 0 Å². The topological polar surface area (TPSA) is 64.9 Å². The number of hydrogen-bond acceptors (Lipinski definition) is 4. The van der Waals surface area contributed by atoms with Crippen molar-refractivity contribution in [2.45, 2.75) is 0 Å². The van der Waals surface area contributed by atoms with Gasteiger partial charge in [0.15, 0.2) is 6.33 Å². The first-order valence-corrected chi connectivity index (χ1v) is 3.98. The third-order valence-electron chi connectivity index (χ3n) is 1.64. The Kier molecular flexibility index (Phi) is 1.90. The van der Waals surface area contributed by atoms with Crippen LogP contribution in [0, 0.1) is 0 Å². The van der Waals surface area contributed by atoms with Gasteiger partial charge in [-0.15, -0.1) is 0 Å². The first-order valence-electron chi connectivity index (χ1n) is 3.60. The summed E-state index contributed by atoms with van der Waals surface area (Å²) in [4.78, 5) is 3.87. The number of anilines is 1. The number of halogens is 1. The van der Waals surface area contributed by atoms with Crippen LogP contribution in [0.15, 0.2) is 29.0 Å². The minimum atomic E-state index is 0.375. The number of para-hydroxylation sites is 1. The summed E-state index contributed by atoms with van der Waals surface area (Å²) < 4.78 is 4.86. The molecule has 2 N–H and O–H groups in total. The second-order valence-electron chi connectivity index (χ2n) is 2.45. The molecule has 2 aromatic rings. The Morgan fingerprint density at radius 2 is 2.23 bits per heavy atom. The third-order valence-corrected chi connectivity index (χ3v) is 1.97. The van der Waals surface area contributed by atoms with Crippen LogP contribution in [0.1, 0.15) is 0 Å². The summed E-state index contributed by atoms with van der Waals surface area (Å²) in [5, 5.41) is 3.97. The predicted molar refractivity (Wildman–Crippen MR) is 49.2 cm³/mol. The highest BCUT2D eigenvalue weighted by Crippen LogP contribution is 2.29. The molecule has 0 aliphatic rings. The molecule has 0 radical (unpaired) electrons. The van der Waals surface area contributed by atoms with Gasteiger partial charge >= 0.3 is 0 Å². The lowest BCUT2D eigenvalue weighted by Gasteiger charge is -2.01. The van der Waals surface area contributed by atoms with Crippen molar-refractivity contribution in [1.82, 2.24) is 10.1 Å². The van der Waals surface area contributed by atoms with Crippen molar-refractivity contribution in [2.24, 2.45) is 0 Å². The zero-order chi connectivity index (χ0) is 9.26. The lowest BCUT2D eigenvalue weighted by molar-refractivity contribution is 0.430. The van der Waals surface area contributed by atoms with E-state index < -0.39 is 0 Å². The average molecular weight is 196 g/mol. The van der Waals surface area contributed by atoms with Gasteiger partial charge in [-0.3, -0.25) is 0 Å². The number of nitrogens with two attached hydrogens (primary N) is 1. The number of nitrogens with zero attached hydrogens (tertiary/aromatic N) is 2. The van der Waals surface area contributed by atoms with E-state index in [1.807, 2.05) is 0 Å². The first-order chi connectivity index (χ1) is 6.29. The highest BCUT2D eigenvalue weighted by molar-refractivity contribution is 6.33. The smallest absolute Gasteiger partial charge is 0.259 e. The van der Waals surface area contributed by atoms with Crippen molar-refractivity contribution >= 4 is 17.3 Å². The van der Waals surface area contributed by atoms with Crippen LogP contribution in [0.4, 0.5) is 5.69 Å². The van der Waals surface area contributed by atoms with E-state index in [2.05, 4.69) is 10.1 Å². The SMILES string of the molecule is Nc1c(Cl)cccc1-c1ncno1. The van der Waals surface area contributed by atoms with E-state index in [1.165, 1.54) is 6.33 Å². The van der Waals surface area contributed by atoms with E-state index in [4.69, 9.17) is 21.9 Å². The molecule has 0 spiro atoms. The van der Waals surface area contributed by atoms with E-state index in [0.29, 0.717) is 22.2 Å². The first kappa shape index (κ1) is 8.07. The number of hydrogen-bond donors (Lipinski definition) is 1. The zero-order valence-electron chi connectivity index (χ0n) is 6.57. The van der Waals surface area contributed by atoms with Crippen LogP contribution < -0.4 is 5.73 Å². The molecule has 4 nitrogen and oxygen atoms in total. The van der Waals surface area contributed by atoms with Crippen LogP contribution in [-0.2, 0) is 0 Å². The van der Waals surface area contributed by atoms with Gasteiger partial charge < -0.3 is 10.3 Å². The van der Waals surface area contributed by atoms with Crippen molar-refractivity contribution < 1.29 is 4.52 Å². The minimum Gasteiger partial charge on any atom is -0.397 e. The molecule has 13 heavy (non-hydrogen) atoms. The zero-order valence-corrected chi connectivity index (χ0v) is 7.32. The average Bonchev–Trinajstić information content (AvgIpc) is 2.62. The molecule has 0 fully saturated rings. The minimum absolute atomic E-state index is 0.375. The predicted octanol–water partition coefficient (Wildman–Crippen LogP) is 1.97. The van der Waals surface area contributed by atoms with Gasteiger partial charge in [0, 0.05) is 0 Å². The van der Waals surface area contributed by atoms with E-state index in [1.54, 1.807) is 18.2 Å². The summed E-state index contributed by atoms with van der Waals surface area (Å²) in [6.07, 6.45) is 1.32. The molecule has 0 aliphatic heterocycles. The molecule has 0 bridgehead atoms. The van der Waals surface area contributed by atoms with Crippen LogP contribution in [0.3, 0.4) is 0 Å². The summed E-state index contributed by atoms with van der Waals surface area (Å²) in [6.45, 7) is 0. The quantitative estimate of drug-likeness (QED) is 0.707. The molecule has 0 unspecified atom stereocenters. The third kappa shape index (κ3) is 1.36. The standard InChI is InChI=1S/C8H6ClN3O/c9-6-3-1-2-5(7(6)10)8-11-4-12-13-8/h1-4H,10H2. The molecule has 0 amide bonds. The molecule has 0 aliphatic carbocycles. The molecule has 1 aromatic heterocycles. The fourth-order valence-corrected chi connectivity index (χ4v) is 1.19. The maximum atomic E-state index is 5.82. The van der Waals surface area contributed by atoms with Gasteiger partial charge in [0.1, 0.15) is 0 Å². The Bertz CT molecular complexity index is 413. The molecule has 2 rings (SSSR count). The Morgan fingerprint density at radius 1 is 1.38 bits per heavy atom. The van der Waals surface area contributed by atoms with Crippen LogP contribution in [-0.4, -0.2) is 10.1 Å². The van der Waals surface area contributed by atoms with Crippen LogP contribution >= 0.6 is 11.6 Å². The van der Waals surface area contributed by atoms with E-state index in [0.717, 1.165) is 0 Å². The largest absolute Gasteiger partial charge is 0.397 e. The van der Waals surface area contributed by atoms with Gasteiger partial charge in [-0.05, 0) is 12.1 Å². The van der Waals surface area contributed by atoms with Crippen molar-refractivity contribution in [2.75, 3.05) is 5.73 Å². The monoisotopic (exact) mass is 195 g/mol. The second kappa shape index (κ2) is 3.06. The van der Waals surface area contributed by atoms with Gasteiger partial charge in [-0.2, -0.15) is 4.98 Å². The number of benzene rings is 1. The number of aromatic nitrogens is 2. The highest BCUT2D eigenvalue weighted by atomic mass is 35.5. The Hall–Kier alpha value is -1.55. The summed E-state index contributed by atoms with van der Waals surface area (Å²) in [5.74, 6) is 0.375. The second-order valence-corrected chi connectivity index (χ2v) is 2.85. The molecule has 1 aromatic carbocycles. The van der Waals surface area contributed by atoms with E-state index in [-0.39, 0.29) is 0 Å². The molecule has 5 heteroatoms. The molecular weight excluding hydrogens is 190 g/mol. The van der Waals surface area contributed by atoms with Gasteiger partial charge in [0.05, 0.1) is 16.3 Å². The Morgan fingerprint density at radius 3 is 2.92 bits per heavy atom. The molecular formula is C8H6ClN3O. The fourth-order valence-electron chi connectivity index (χ4n) is 1.02. The number of nitrogen functional groups attached to an aromatic ring is 1. The lowest BCUT2D eigenvalue weighted by Crippen LogP contribution is -1.90. The van der Waals surface area contributed by atoms with Gasteiger partial charge in [0.25, 0.3) is 5.89 Å². The van der Waals surface area contributed by atoms with Gasteiger partial charge in [-0.1, -0.05) is 22.8 Å². The molecule has 0 saturated heterocycles. The molecule has 1 heterocycles. The summed E-state index contributed by atoms with van der Waals surface area (Å²) in [5.41, 5.74) is 6.82. The van der Waals surface area contributed by atoms with Crippen molar-refractivity contribution in [3.05, 3.63) is 29.5 Å². The summed E-state index contributed by atoms with van der Waals surface area (Å²) >= 11 is 5.82. The Balaban J connectivity index is 2.59. The van der Waals surface area contributed by atoms with Gasteiger partial charge in [-0.25, -0.2) is 0 Å². The van der Waals surface area contributed by atoms with Crippen molar-refractivity contribution in [3.8, 4) is 11.5 Å². The maximum absolute atomic E-state index is 5.82. The van der Waals surface area contributed by atoms with E-state index in [9.17, 15) is 0 Å². The van der Waals surface area contributed by atoms with Gasteiger partial charge in [0.2, 0.25) is 0 Å². The van der Waals surface area contributed by atoms with Crippen LogP contribution in [0.25, 0.3) is 11.5 Å². The van der Waals surface area contributed by atoms with E-state index >= 15 is 0 Å². The Labute approximate surface area is 79.3 Å². The highest BCUT2D eigenvalue weighted by Gasteiger charge is 2.09. The normalized spacial score (nSPS) is 10.2. The molecule has 66 valence electrons. The molecule has 0 atom stereocenters. The lowest BCUT2D eigenvalue weighted by atomic mass is 10.2. The van der Waals surface area contributed by atoms with Crippen molar-refractivity contribution in [1.29, 1.82) is 0 Å². The number of rotatable bonds is 1.